The van der Waals surface area contributed by atoms with E-state index >= 15 is 0 Å². The third kappa shape index (κ3) is 3.83. The molecule has 2 N–H and O–H groups in total. The summed E-state index contributed by atoms with van der Waals surface area (Å²) in [6, 6.07) is 5.71. The van der Waals surface area contributed by atoms with Crippen LogP contribution in [0.1, 0.15) is 15.9 Å². The maximum Gasteiger partial charge on any atom is 0.342 e. The number of carbonyl (C=O) groups excluding carboxylic acids is 2. The molecule has 0 saturated carbocycles. The quantitative estimate of drug-likeness (QED) is 0.663. The van der Waals surface area contributed by atoms with Crippen molar-refractivity contribution in [1.82, 2.24) is 0 Å². The Labute approximate surface area is 134 Å². The van der Waals surface area contributed by atoms with Crippen molar-refractivity contribution in [3.8, 4) is 5.75 Å². The summed E-state index contributed by atoms with van der Waals surface area (Å²) in [6.07, 6.45) is 0. The molecule has 0 unspecified atom stereocenters. The molecule has 0 radical (unpaired) electrons. The number of carbonyl (C=O) groups is 2. The first-order chi connectivity index (χ1) is 11.3. The summed E-state index contributed by atoms with van der Waals surface area (Å²) in [5, 5.41) is 11.5. The van der Waals surface area contributed by atoms with Gasteiger partial charge in [-0.3, -0.25) is 4.79 Å². The van der Waals surface area contributed by atoms with Crippen LogP contribution in [0.15, 0.2) is 30.3 Å². The standard InChI is InChI=1S/C16H12F3NO4/c1-8-2-5-12(21)9(6-8)16(23)24-7-13(22)20-11-4-3-10(17)14(18)15(11)19/h2-6,21H,7H2,1H3,(H,20,22). The van der Waals surface area contributed by atoms with Gasteiger partial charge in [0, 0.05) is 0 Å². The van der Waals surface area contributed by atoms with Gasteiger partial charge in [-0.2, -0.15) is 0 Å². The fraction of sp³-hybridized carbons (Fsp3) is 0.125. The number of phenols is 1. The zero-order valence-corrected chi connectivity index (χ0v) is 12.4. The van der Waals surface area contributed by atoms with Gasteiger partial charge in [0.1, 0.15) is 11.3 Å². The summed E-state index contributed by atoms with van der Waals surface area (Å²) in [5.74, 6) is -6.93. The van der Waals surface area contributed by atoms with Crippen LogP contribution in [0.3, 0.4) is 0 Å². The van der Waals surface area contributed by atoms with Gasteiger partial charge in [-0.25, -0.2) is 18.0 Å². The number of hydrogen-bond donors (Lipinski definition) is 2. The molecule has 0 fully saturated rings. The first kappa shape index (κ1) is 17.3. The van der Waals surface area contributed by atoms with Crippen molar-refractivity contribution >= 4 is 17.6 Å². The monoisotopic (exact) mass is 339 g/mol. The summed E-state index contributed by atoms with van der Waals surface area (Å²) in [5.41, 5.74) is -0.0387. The summed E-state index contributed by atoms with van der Waals surface area (Å²) in [4.78, 5) is 23.4. The average molecular weight is 339 g/mol. The predicted molar refractivity (Wildman–Crippen MR) is 78.1 cm³/mol. The second kappa shape index (κ2) is 7.03. The minimum Gasteiger partial charge on any atom is -0.507 e. The fourth-order valence-corrected chi connectivity index (χ4v) is 1.83. The smallest absolute Gasteiger partial charge is 0.342 e. The van der Waals surface area contributed by atoms with Gasteiger partial charge in [-0.1, -0.05) is 11.6 Å². The Hall–Kier alpha value is -3.03. The van der Waals surface area contributed by atoms with E-state index in [-0.39, 0.29) is 11.3 Å². The Balaban J connectivity index is 2.00. The lowest BCUT2D eigenvalue weighted by Gasteiger charge is -2.09. The van der Waals surface area contributed by atoms with E-state index in [0.29, 0.717) is 11.6 Å². The van der Waals surface area contributed by atoms with Gasteiger partial charge in [0.15, 0.2) is 24.1 Å². The Morgan fingerprint density at radius 1 is 1.12 bits per heavy atom. The SMILES string of the molecule is Cc1ccc(O)c(C(=O)OCC(=O)Nc2ccc(F)c(F)c2F)c1. The number of esters is 1. The van der Waals surface area contributed by atoms with Crippen LogP contribution in [0.5, 0.6) is 5.75 Å². The third-order valence-electron chi connectivity index (χ3n) is 3.02. The van der Waals surface area contributed by atoms with Crippen LogP contribution in [0.4, 0.5) is 18.9 Å². The number of nitrogens with one attached hydrogen (secondary N) is 1. The van der Waals surface area contributed by atoms with E-state index < -0.39 is 41.6 Å². The van der Waals surface area contributed by atoms with Crippen molar-refractivity contribution in [2.45, 2.75) is 6.92 Å². The van der Waals surface area contributed by atoms with Gasteiger partial charge in [0.05, 0.1) is 5.69 Å². The first-order valence-electron chi connectivity index (χ1n) is 6.69. The maximum absolute atomic E-state index is 13.4. The number of phenolic OH excluding ortho intramolecular Hbond substituents is 1. The number of anilines is 1. The van der Waals surface area contributed by atoms with E-state index in [1.807, 2.05) is 5.32 Å². The molecule has 0 aliphatic heterocycles. The fourth-order valence-electron chi connectivity index (χ4n) is 1.83. The lowest BCUT2D eigenvalue weighted by atomic mass is 10.1. The van der Waals surface area contributed by atoms with Crippen molar-refractivity contribution < 1.29 is 32.6 Å². The summed E-state index contributed by atoms with van der Waals surface area (Å²) >= 11 is 0. The Bertz CT molecular complexity index is 808. The van der Waals surface area contributed by atoms with Crippen molar-refractivity contribution in [2.24, 2.45) is 0 Å². The van der Waals surface area contributed by atoms with Crippen molar-refractivity contribution in [3.05, 3.63) is 58.9 Å². The predicted octanol–water partition coefficient (Wildman–Crippen LogP) is 2.91. The number of aryl methyl sites for hydroxylation is 1. The number of hydrogen-bond acceptors (Lipinski definition) is 4. The zero-order valence-electron chi connectivity index (χ0n) is 12.4. The van der Waals surface area contributed by atoms with E-state index in [9.17, 15) is 27.9 Å². The molecule has 0 atom stereocenters. The highest BCUT2D eigenvalue weighted by Gasteiger charge is 2.17. The molecule has 126 valence electrons. The lowest BCUT2D eigenvalue weighted by Crippen LogP contribution is -2.22. The Morgan fingerprint density at radius 2 is 1.83 bits per heavy atom. The van der Waals surface area contributed by atoms with Crippen molar-refractivity contribution in [1.29, 1.82) is 0 Å². The topological polar surface area (TPSA) is 75.6 Å². The van der Waals surface area contributed by atoms with E-state index in [4.69, 9.17) is 4.74 Å². The van der Waals surface area contributed by atoms with Crippen LogP contribution in [0.25, 0.3) is 0 Å². The second-order valence-corrected chi connectivity index (χ2v) is 4.87. The summed E-state index contributed by atoms with van der Waals surface area (Å²) in [6.45, 7) is 0.888. The van der Waals surface area contributed by atoms with Crippen LogP contribution < -0.4 is 5.32 Å². The van der Waals surface area contributed by atoms with E-state index in [1.165, 1.54) is 12.1 Å². The van der Waals surface area contributed by atoms with Crippen molar-refractivity contribution in [3.63, 3.8) is 0 Å². The number of benzene rings is 2. The molecular formula is C16H12F3NO4. The van der Waals surface area contributed by atoms with Gasteiger partial charge < -0.3 is 15.2 Å². The molecule has 8 heteroatoms. The van der Waals surface area contributed by atoms with E-state index in [1.54, 1.807) is 13.0 Å². The van der Waals surface area contributed by atoms with Crippen LogP contribution in [0, 0.1) is 24.4 Å². The molecule has 0 aliphatic carbocycles. The number of ether oxygens (including phenoxy) is 1. The molecule has 0 aliphatic rings. The van der Waals surface area contributed by atoms with E-state index in [2.05, 4.69) is 0 Å². The molecule has 24 heavy (non-hydrogen) atoms. The molecule has 0 heterocycles. The molecule has 0 bridgehead atoms. The molecular weight excluding hydrogens is 327 g/mol. The molecule has 1 amide bonds. The molecule has 0 saturated heterocycles. The zero-order chi connectivity index (χ0) is 17.9. The van der Waals surface area contributed by atoms with Gasteiger partial charge >= 0.3 is 5.97 Å². The first-order valence-corrected chi connectivity index (χ1v) is 6.69. The molecule has 5 nitrogen and oxygen atoms in total. The minimum atomic E-state index is -1.73. The van der Waals surface area contributed by atoms with E-state index in [0.717, 1.165) is 6.07 Å². The Kier molecular flexibility index (Phi) is 5.08. The second-order valence-electron chi connectivity index (χ2n) is 4.87. The van der Waals surface area contributed by atoms with Gasteiger partial charge in [-0.15, -0.1) is 0 Å². The number of aromatic hydroxyl groups is 1. The largest absolute Gasteiger partial charge is 0.507 e. The maximum atomic E-state index is 13.4. The lowest BCUT2D eigenvalue weighted by molar-refractivity contribution is -0.119. The normalized spacial score (nSPS) is 10.3. The highest BCUT2D eigenvalue weighted by Crippen LogP contribution is 2.20. The van der Waals surface area contributed by atoms with Gasteiger partial charge in [0.25, 0.3) is 5.91 Å². The molecule has 2 aromatic carbocycles. The number of halogens is 3. The highest BCUT2D eigenvalue weighted by molar-refractivity contribution is 5.96. The van der Waals surface area contributed by atoms with Crippen LogP contribution in [0.2, 0.25) is 0 Å². The minimum absolute atomic E-state index is 0.137. The van der Waals surface area contributed by atoms with Crippen molar-refractivity contribution in [2.75, 3.05) is 11.9 Å². The summed E-state index contributed by atoms with van der Waals surface area (Å²) in [7, 11) is 0. The number of rotatable bonds is 4. The molecule has 0 aromatic heterocycles. The molecule has 2 aromatic rings. The third-order valence-corrected chi connectivity index (χ3v) is 3.02. The highest BCUT2D eigenvalue weighted by atomic mass is 19.2. The van der Waals surface area contributed by atoms with Crippen LogP contribution in [-0.4, -0.2) is 23.6 Å². The van der Waals surface area contributed by atoms with Crippen LogP contribution in [-0.2, 0) is 9.53 Å². The Morgan fingerprint density at radius 3 is 2.54 bits per heavy atom. The van der Waals surface area contributed by atoms with Crippen LogP contribution >= 0.6 is 0 Å². The number of amides is 1. The molecule has 2 rings (SSSR count). The van der Waals surface area contributed by atoms with Gasteiger partial charge in [-0.05, 0) is 31.2 Å². The van der Waals surface area contributed by atoms with Gasteiger partial charge in [0.2, 0.25) is 0 Å². The molecule has 0 spiro atoms. The average Bonchev–Trinajstić information content (AvgIpc) is 2.55. The summed E-state index contributed by atoms with van der Waals surface area (Å²) < 4.78 is 43.9.